The van der Waals surface area contributed by atoms with Crippen LogP contribution in [0.4, 0.5) is 10.5 Å². The van der Waals surface area contributed by atoms with Gasteiger partial charge in [0.05, 0.1) is 7.11 Å². The molecule has 0 fully saturated rings. The molecule has 0 saturated heterocycles. The zero-order valence-electron chi connectivity index (χ0n) is 11.9. The van der Waals surface area contributed by atoms with Crippen molar-refractivity contribution in [2.75, 3.05) is 19.0 Å². The first-order chi connectivity index (χ1) is 8.88. The number of rotatable bonds is 5. The van der Waals surface area contributed by atoms with E-state index in [1.807, 2.05) is 26.8 Å². The largest absolute Gasteiger partial charge is 0.497 e. The number of nitrogens with one attached hydrogen (secondary N) is 2. The third-order valence-electron chi connectivity index (χ3n) is 2.87. The van der Waals surface area contributed by atoms with Gasteiger partial charge in [-0.1, -0.05) is 0 Å². The molecule has 19 heavy (non-hydrogen) atoms. The van der Waals surface area contributed by atoms with E-state index in [0.717, 1.165) is 17.0 Å². The highest BCUT2D eigenvalue weighted by Crippen LogP contribution is 2.21. The number of aliphatic hydroxyl groups is 1. The lowest BCUT2D eigenvalue weighted by molar-refractivity contribution is 0.218. The molecule has 5 nitrogen and oxygen atoms in total. The van der Waals surface area contributed by atoms with Crippen LogP contribution in [0.15, 0.2) is 18.2 Å². The Kier molecular flexibility index (Phi) is 5.18. The van der Waals surface area contributed by atoms with Gasteiger partial charge in [0.15, 0.2) is 0 Å². The molecule has 0 saturated carbocycles. The number of aliphatic hydroxyl groups excluding tert-OH is 1. The maximum absolute atomic E-state index is 11.9. The van der Waals surface area contributed by atoms with Crippen molar-refractivity contribution in [3.05, 3.63) is 23.8 Å². The van der Waals surface area contributed by atoms with Crippen LogP contribution in [0.3, 0.4) is 0 Å². The number of carbonyl (C=O) groups is 1. The molecule has 2 amide bonds. The summed E-state index contributed by atoms with van der Waals surface area (Å²) in [6, 6.07) is 5.16. The minimum absolute atomic E-state index is 0.0366. The Labute approximate surface area is 114 Å². The van der Waals surface area contributed by atoms with E-state index in [1.54, 1.807) is 19.2 Å². The molecular formula is C14H22N2O3. The molecule has 0 spiro atoms. The zero-order valence-corrected chi connectivity index (χ0v) is 11.9. The second-order valence-corrected chi connectivity index (χ2v) is 5.12. The Bertz CT molecular complexity index is 444. The van der Waals surface area contributed by atoms with E-state index < -0.39 is 5.54 Å². The Morgan fingerprint density at radius 1 is 1.42 bits per heavy atom. The second-order valence-electron chi connectivity index (χ2n) is 5.12. The van der Waals surface area contributed by atoms with E-state index >= 15 is 0 Å². The van der Waals surface area contributed by atoms with Crippen LogP contribution in [0.25, 0.3) is 0 Å². The first kappa shape index (κ1) is 15.3. The maximum Gasteiger partial charge on any atom is 0.319 e. The third-order valence-corrected chi connectivity index (χ3v) is 2.87. The molecule has 0 radical (unpaired) electrons. The molecule has 0 bridgehead atoms. The van der Waals surface area contributed by atoms with Gasteiger partial charge in [0.1, 0.15) is 5.75 Å². The van der Waals surface area contributed by atoms with Crippen LogP contribution in [-0.2, 0) is 0 Å². The molecule has 5 heteroatoms. The zero-order chi connectivity index (χ0) is 14.5. The number of benzene rings is 1. The molecule has 0 atom stereocenters. The summed E-state index contributed by atoms with van der Waals surface area (Å²) >= 11 is 0. The Balaban J connectivity index is 2.67. The quantitative estimate of drug-likeness (QED) is 0.765. The summed E-state index contributed by atoms with van der Waals surface area (Å²) in [5.74, 6) is 0.754. The van der Waals surface area contributed by atoms with Crippen molar-refractivity contribution < 1.29 is 14.6 Å². The normalized spacial score (nSPS) is 11.0. The smallest absolute Gasteiger partial charge is 0.319 e. The van der Waals surface area contributed by atoms with Crippen molar-refractivity contribution in [2.45, 2.75) is 32.7 Å². The van der Waals surface area contributed by atoms with Gasteiger partial charge in [-0.25, -0.2) is 4.79 Å². The molecule has 0 heterocycles. The molecule has 1 aromatic rings. The predicted molar refractivity (Wildman–Crippen MR) is 75.7 cm³/mol. The lowest BCUT2D eigenvalue weighted by atomic mass is 10.0. The molecule has 0 aromatic heterocycles. The number of ether oxygens (including phenoxy) is 1. The van der Waals surface area contributed by atoms with Crippen LogP contribution < -0.4 is 15.4 Å². The molecule has 0 aliphatic heterocycles. The van der Waals surface area contributed by atoms with Gasteiger partial charge < -0.3 is 20.5 Å². The number of carbonyl (C=O) groups excluding carboxylic acids is 1. The molecule has 106 valence electrons. The highest BCUT2D eigenvalue weighted by atomic mass is 16.5. The molecular weight excluding hydrogens is 244 g/mol. The molecule has 1 rings (SSSR count). The van der Waals surface area contributed by atoms with Gasteiger partial charge in [-0.05, 0) is 51.0 Å². The number of urea groups is 1. The van der Waals surface area contributed by atoms with Crippen molar-refractivity contribution in [3.8, 4) is 5.75 Å². The summed E-state index contributed by atoms with van der Waals surface area (Å²) in [5.41, 5.74) is 1.21. The standard InChI is InChI=1S/C14H22N2O3/c1-10-9-11(19-4)5-6-12(10)15-13(18)16-14(2,3)7-8-17/h5-6,9,17H,7-8H2,1-4H3,(H2,15,16,18). The highest BCUT2D eigenvalue weighted by Gasteiger charge is 2.19. The van der Waals surface area contributed by atoms with E-state index in [-0.39, 0.29) is 12.6 Å². The lowest BCUT2D eigenvalue weighted by Crippen LogP contribution is -2.46. The average Bonchev–Trinajstić information content (AvgIpc) is 2.30. The summed E-state index contributed by atoms with van der Waals surface area (Å²) in [7, 11) is 1.60. The topological polar surface area (TPSA) is 70.6 Å². The molecule has 0 unspecified atom stereocenters. The molecule has 3 N–H and O–H groups in total. The lowest BCUT2D eigenvalue weighted by Gasteiger charge is -2.25. The van der Waals surface area contributed by atoms with Crippen LogP contribution in [0.5, 0.6) is 5.75 Å². The Morgan fingerprint density at radius 2 is 2.11 bits per heavy atom. The van der Waals surface area contributed by atoms with Gasteiger partial charge >= 0.3 is 6.03 Å². The van der Waals surface area contributed by atoms with Gasteiger partial charge in [-0.15, -0.1) is 0 Å². The van der Waals surface area contributed by atoms with Gasteiger partial charge in [-0.3, -0.25) is 0 Å². The van der Waals surface area contributed by atoms with Crippen LogP contribution in [0.1, 0.15) is 25.8 Å². The Hall–Kier alpha value is -1.75. The van der Waals surface area contributed by atoms with Gasteiger partial charge in [0.25, 0.3) is 0 Å². The minimum Gasteiger partial charge on any atom is -0.497 e. The fourth-order valence-corrected chi connectivity index (χ4v) is 1.71. The number of hydrogen-bond acceptors (Lipinski definition) is 3. The number of hydrogen-bond donors (Lipinski definition) is 3. The van der Waals surface area contributed by atoms with E-state index in [0.29, 0.717) is 6.42 Å². The first-order valence-corrected chi connectivity index (χ1v) is 6.22. The van der Waals surface area contributed by atoms with E-state index in [1.165, 1.54) is 0 Å². The van der Waals surface area contributed by atoms with Crippen molar-refractivity contribution in [3.63, 3.8) is 0 Å². The summed E-state index contributed by atoms with van der Waals surface area (Å²) < 4.78 is 5.11. The summed E-state index contributed by atoms with van der Waals surface area (Å²) in [6.07, 6.45) is 0.502. The maximum atomic E-state index is 11.9. The van der Waals surface area contributed by atoms with E-state index in [2.05, 4.69) is 10.6 Å². The predicted octanol–water partition coefficient (Wildman–Crippen LogP) is 2.29. The van der Waals surface area contributed by atoms with E-state index in [9.17, 15) is 4.79 Å². The monoisotopic (exact) mass is 266 g/mol. The summed E-state index contributed by atoms with van der Waals surface area (Å²) in [6.45, 7) is 5.67. The van der Waals surface area contributed by atoms with Crippen LogP contribution in [0, 0.1) is 6.92 Å². The highest BCUT2D eigenvalue weighted by molar-refractivity contribution is 5.90. The average molecular weight is 266 g/mol. The van der Waals surface area contributed by atoms with Crippen molar-refractivity contribution >= 4 is 11.7 Å². The van der Waals surface area contributed by atoms with Gasteiger partial charge in [0, 0.05) is 17.8 Å². The van der Waals surface area contributed by atoms with Crippen LogP contribution in [0.2, 0.25) is 0 Å². The summed E-state index contributed by atoms with van der Waals surface area (Å²) in [5, 5.41) is 14.5. The number of anilines is 1. The molecule has 1 aromatic carbocycles. The fraction of sp³-hybridized carbons (Fsp3) is 0.500. The van der Waals surface area contributed by atoms with Crippen molar-refractivity contribution in [1.82, 2.24) is 5.32 Å². The molecule has 0 aliphatic carbocycles. The van der Waals surface area contributed by atoms with Crippen LogP contribution >= 0.6 is 0 Å². The number of methoxy groups -OCH3 is 1. The third kappa shape index (κ3) is 4.79. The minimum atomic E-state index is -0.445. The van der Waals surface area contributed by atoms with Gasteiger partial charge in [-0.2, -0.15) is 0 Å². The number of amides is 2. The van der Waals surface area contributed by atoms with Crippen molar-refractivity contribution in [2.24, 2.45) is 0 Å². The van der Waals surface area contributed by atoms with E-state index in [4.69, 9.17) is 9.84 Å². The first-order valence-electron chi connectivity index (χ1n) is 6.22. The Morgan fingerprint density at radius 3 is 2.63 bits per heavy atom. The molecule has 0 aliphatic rings. The van der Waals surface area contributed by atoms with Crippen LogP contribution in [-0.4, -0.2) is 30.4 Å². The number of aryl methyl sites for hydroxylation is 1. The summed E-state index contributed by atoms with van der Waals surface area (Å²) in [4.78, 5) is 11.9. The van der Waals surface area contributed by atoms with Gasteiger partial charge in [0.2, 0.25) is 0 Å². The van der Waals surface area contributed by atoms with Crippen molar-refractivity contribution in [1.29, 1.82) is 0 Å². The fourth-order valence-electron chi connectivity index (χ4n) is 1.71. The SMILES string of the molecule is COc1ccc(NC(=O)NC(C)(C)CCO)c(C)c1. The second kappa shape index (κ2) is 6.43.